The van der Waals surface area contributed by atoms with Gasteiger partial charge in [-0.3, -0.25) is 19.4 Å². The monoisotopic (exact) mass is 333 g/mol. The van der Waals surface area contributed by atoms with Crippen LogP contribution in [0.4, 0.5) is 0 Å². The molecule has 0 fully saturated rings. The van der Waals surface area contributed by atoms with Crippen LogP contribution < -0.4 is 5.32 Å². The van der Waals surface area contributed by atoms with Crippen molar-refractivity contribution in [3.63, 3.8) is 0 Å². The maximum absolute atomic E-state index is 12.4. The highest BCUT2D eigenvalue weighted by atomic mass is 16.1. The van der Waals surface area contributed by atoms with E-state index in [2.05, 4.69) is 30.4 Å². The predicted molar refractivity (Wildman–Crippen MR) is 91.5 cm³/mol. The first-order valence-electron chi connectivity index (χ1n) is 7.71. The van der Waals surface area contributed by atoms with Crippen molar-refractivity contribution < 1.29 is 4.79 Å². The van der Waals surface area contributed by atoms with E-state index in [0.29, 0.717) is 17.0 Å². The molecule has 0 unspecified atom stereocenters. The van der Waals surface area contributed by atoms with Gasteiger partial charge in [0.25, 0.3) is 5.91 Å². The van der Waals surface area contributed by atoms with Crippen LogP contribution in [-0.4, -0.2) is 35.6 Å². The van der Waals surface area contributed by atoms with Gasteiger partial charge in [0, 0.05) is 36.8 Å². The van der Waals surface area contributed by atoms with Crippen LogP contribution in [0.5, 0.6) is 0 Å². The number of hydrogen-bond donors (Lipinski definition) is 2. The van der Waals surface area contributed by atoms with Gasteiger partial charge < -0.3 is 10.3 Å². The van der Waals surface area contributed by atoms with Crippen LogP contribution in [0.15, 0.2) is 49.3 Å². The number of nitrogens with one attached hydrogen (secondary N) is 2. The highest BCUT2D eigenvalue weighted by Gasteiger charge is 2.12. The molecule has 0 atom stereocenters. The Morgan fingerprint density at radius 2 is 2.12 bits per heavy atom. The number of nitrogens with zero attached hydrogens (tertiary/aromatic N) is 5. The molecule has 0 saturated heterocycles. The summed E-state index contributed by atoms with van der Waals surface area (Å²) >= 11 is 0. The molecule has 4 aromatic rings. The molecule has 0 aliphatic carbocycles. The highest BCUT2D eigenvalue weighted by Crippen LogP contribution is 2.18. The summed E-state index contributed by atoms with van der Waals surface area (Å²) in [5, 5.41) is 7.04. The molecule has 0 saturated carbocycles. The molecule has 0 bridgehead atoms. The number of aromatic nitrogens is 6. The zero-order valence-electron chi connectivity index (χ0n) is 13.5. The molecule has 8 heteroatoms. The van der Waals surface area contributed by atoms with Gasteiger partial charge in [-0.25, -0.2) is 4.98 Å². The zero-order chi connectivity index (χ0) is 17.2. The second-order valence-electron chi connectivity index (χ2n) is 5.57. The maximum atomic E-state index is 12.4. The minimum absolute atomic E-state index is 0.181. The third-order valence-corrected chi connectivity index (χ3v) is 3.85. The largest absolute Gasteiger partial charge is 0.346 e. The van der Waals surface area contributed by atoms with Crippen molar-refractivity contribution in [2.24, 2.45) is 7.05 Å². The molecule has 0 spiro atoms. The number of carbonyl (C=O) groups excluding carboxylic acids is 1. The van der Waals surface area contributed by atoms with Gasteiger partial charge in [0.1, 0.15) is 0 Å². The predicted octanol–water partition coefficient (Wildman–Crippen LogP) is 1.68. The molecule has 8 nitrogen and oxygen atoms in total. The number of benzene rings is 1. The fourth-order valence-corrected chi connectivity index (χ4v) is 2.62. The first-order valence-corrected chi connectivity index (χ1v) is 7.71. The molecule has 4 rings (SSSR count). The van der Waals surface area contributed by atoms with E-state index in [9.17, 15) is 4.79 Å². The van der Waals surface area contributed by atoms with Gasteiger partial charge in [-0.1, -0.05) is 0 Å². The second-order valence-corrected chi connectivity index (χ2v) is 5.57. The van der Waals surface area contributed by atoms with Gasteiger partial charge in [-0.05, 0) is 18.2 Å². The third kappa shape index (κ3) is 2.97. The number of rotatable bonds is 4. The van der Waals surface area contributed by atoms with Crippen LogP contribution in [0.1, 0.15) is 16.1 Å². The van der Waals surface area contributed by atoms with Gasteiger partial charge >= 0.3 is 0 Å². The summed E-state index contributed by atoms with van der Waals surface area (Å²) in [6, 6.07) is 5.33. The number of aromatic amines is 1. The minimum atomic E-state index is -0.181. The van der Waals surface area contributed by atoms with Gasteiger partial charge in [0.05, 0.1) is 41.5 Å². The molecular weight excluding hydrogens is 318 g/mol. The first kappa shape index (κ1) is 15.0. The number of fused-ring (bicyclic) bond motifs is 1. The van der Waals surface area contributed by atoms with E-state index in [0.717, 1.165) is 16.6 Å². The van der Waals surface area contributed by atoms with Gasteiger partial charge in [0.15, 0.2) is 0 Å². The third-order valence-electron chi connectivity index (χ3n) is 3.85. The summed E-state index contributed by atoms with van der Waals surface area (Å²) in [6.45, 7) is 0.276. The molecular formula is C17H15N7O. The molecule has 0 radical (unpaired) electrons. The number of H-pyrrole nitrogens is 1. The van der Waals surface area contributed by atoms with Crippen molar-refractivity contribution in [2.45, 2.75) is 6.54 Å². The van der Waals surface area contributed by atoms with E-state index in [1.54, 1.807) is 41.7 Å². The Labute approximate surface area is 143 Å². The summed E-state index contributed by atoms with van der Waals surface area (Å²) in [5.74, 6) is -0.181. The van der Waals surface area contributed by atoms with Crippen LogP contribution >= 0.6 is 0 Å². The Bertz CT molecular complexity index is 1050. The summed E-state index contributed by atoms with van der Waals surface area (Å²) in [6.07, 6.45) is 8.42. The van der Waals surface area contributed by atoms with E-state index in [1.807, 2.05) is 19.3 Å². The number of amides is 1. The lowest BCUT2D eigenvalue weighted by molar-refractivity contribution is 0.0950. The number of carbonyl (C=O) groups is 1. The van der Waals surface area contributed by atoms with Crippen molar-refractivity contribution in [3.05, 3.63) is 60.6 Å². The normalized spacial score (nSPS) is 10.9. The summed E-state index contributed by atoms with van der Waals surface area (Å²) < 4.78 is 1.70. The number of aryl methyl sites for hydroxylation is 1. The van der Waals surface area contributed by atoms with Crippen molar-refractivity contribution >= 4 is 16.9 Å². The fraction of sp³-hybridized carbons (Fsp3) is 0.118. The van der Waals surface area contributed by atoms with E-state index < -0.39 is 0 Å². The van der Waals surface area contributed by atoms with Gasteiger partial charge in [-0.2, -0.15) is 5.10 Å². The summed E-state index contributed by atoms with van der Waals surface area (Å²) in [5.41, 5.74) is 4.46. The van der Waals surface area contributed by atoms with E-state index in [4.69, 9.17) is 0 Å². The molecule has 1 amide bonds. The Morgan fingerprint density at radius 3 is 2.96 bits per heavy atom. The Kier molecular flexibility index (Phi) is 3.70. The molecule has 25 heavy (non-hydrogen) atoms. The first-order chi connectivity index (χ1) is 12.2. The van der Waals surface area contributed by atoms with E-state index in [-0.39, 0.29) is 12.5 Å². The Balaban J connectivity index is 1.54. The lowest BCUT2D eigenvalue weighted by Gasteiger charge is -2.08. The lowest BCUT2D eigenvalue weighted by atomic mass is 10.1. The summed E-state index contributed by atoms with van der Waals surface area (Å²) in [4.78, 5) is 28.3. The minimum Gasteiger partial charge on any atom is -0.346 e. The molecule has 2 N–H and O–H groups in total. The zero-order valence-corrected chi connectivity index (χ0v) is 13.5. The quantitative estimate of drug-likeness (QED) is 0.592. The Morgan fingerprint density at radius 1 is 1.24 bits per heavy atom. The van der Waals surface area contributed by atoms with Crippen LogP contribution in [0.2, 0.25) is 0 Å². The van der Waals surface area contributed by atoms with Crippen LogP contribution in [-0.2, 0) is 13.6 Å². The van der Waals surface area contributed by atoms with Crippen LogP contribution in [0.25, 0.3) is 22.3 Å². The average Bonchev–Trinajstić information content (AvgIpc) is 3.28. The molecule has 0 aliphatic rings. The highest BCUT2D eigenvalue weighted by molar-refractivity contribution is 5.97. The van der Waals surface area contributed by atoms with E-state index in [1.165, 1.54) is 0 Å². The van der Waals surface area contributed by atoms with Crippen molar-refractivity contribution in [1.29, 1.82) is 0 Å². The maximum Gasteiger partial charge on any atom is 0.251 e. The Hall–Kier alpha value is -3.55. The van der Waals surface area contributed by atoms with Crippen LogP contribution in [0.3, 0.4) is 0 Å². The van der Waals surface area contributed by atoms with Gasteiger partial charge in [0.2, 0.25) is 0 Å². The van der Waals surface area contributed by atoms with Crippen molar-refractivity contribution in [2.75, 3.05) is 0 Å². The molecule has 124 valence electrons. The topological polar surface area (TPSA) is 101 Å². The van der Waals surface area contributed by atoms with Crippen LogP contribution in [0, 0.1) is 0 Å². The number of imidazole rings is 1. The summed E-state index contributed by atoms with van der Waals surface area (Å²) in [7, 11) is 1.84. The lowest BCUT2D eigenvalue weighted by Crippen LogP contribution is -2.23. The second kappa shape index (κ2) is 6.16. The standard InChI is InChI=1S/C17H15N7O/c1-24-9-12(7-23-24)16-15(18-4-5-19-16)8-20-17(25)11-2-3-13-14(6-11)22-10-21-13/h2-7,9-10H,8H2,1H3,(H,20,25)(H,21,22). The molecule has 0 aliphatic heterocycles. The molecule has 3 heterocycles. The van der Waals surface area contributed by atoms with Crippen molar-refractivity contribution in [1.82, 2.24) is 35.0 Å². The average molecular weight is 333 g/mol. The van der Waals surface area contributed by atoms with E-state index >= 15 is 0 Å². The SMILES string of the molecule is Cn1cc(-c2nccnc2CNC(=O)c2ccc3nc[nH]c3c2)cn1. The van der Waals surface area contributed by atoms with Gasteiger partial charge in [-0.15, -0.1) is 0 Å². The fourth-order valence-electron chi connectivity index (χ4n) is 2.62. The smallest absolute Gasteiger partial charge is 0.251 e. The molecule has 3 aromatic heterocycles. The molecule has 1 aromatic carbocycles. The number of hydrogen-bond acceptors (Lipinski definition) is 5. The van der Waals surface area contributed by atoms with Crippen molar-refractivity contribution in [3.8, 4) is 11.3 Å².